The Hall–Kier alpha value is -1.06. The van der Waals surface area contributed by atoms with Gasteiger partial charge in [0.15, 0.2) is 0 Å². The maximum Gasteiger partial charge on any atom is 0.306 e. The molecule has 1 amide bonds. The Morgan fingerprint density at radius 2 is 1.72 bits per heavy atom. The van der Waals surface area contributed by atoms with Crippen molar-refractivity contribution in [2.75, 3.05) is 6.54 Å². The third-order valence-corrected chi connectivity index (χ3v) is 3.47. The van der Waals surface area contributed by atoms with E-state index in [2.05, 4.69) is 5.32 Å². The van der Waals surface area contributed by atoms with E-state index in [0.29, 0.717) is 18.9 Å². The molecule has 1 saturated carbocycles. The van der Waals surface area contributed by atoms with Crippen molar-refractivity contribution in [2.24, 2.45) is 17.3 Å². The van der Waals surface area contributed by atoms with E-state index in [1.54, 1.807) is 0 Å². The Labute approximate surface area is 109 Å². The van der Waals surface area contributed by atoms with Crippen LogP contribution in [0.4, 0.5) is 0 Å². The molecule has 18 heavy (non-hydrogen) atoms. The number of carboxylic acid groups (broad SMARTS) is 1. The highest BCUT2D eigenvalue weighted by atomic mass is 16.4. The average molecular weight is 255 g/mol. The van der Waals surface area contributed by atoms with Gasteiger partial charge in [-0.3, -0.25) is 9.59 Å². The van der Waals surface area contributed by atoms with E-state index in [-0.39, 0.29) is 17.2 Å². The summed E-state index contributed by atoms with van der Waals surface area (Å²) in [5.41, 5.74) is 0.0189. The molecule has 0 aliphatic heterocycles. The number of aliphatic carboxylic acids is 1. The highest BCUT2D eigenvalue weighted by Crippen LogP contribution is 2.28. The Bertz CT molecular complexity index is 299. The molecule has 0 spiro atoms. The molecule has 4 heteroatoms. The molecule has 0 atom stereocenters. The first-order valence-electron chi connectivity index (χ1n) is 6.77. The normalized spacial score (nSPS) is 24.6. The number of carboxylic acids is 1. The van der Waals surface area contributed by atoms with Gasteiger partial charge in [-0.1, -0.05) is 20.8 Å². The van der Waals surface area contributed by atoms with Crippen LogP contribution >= 0.6 is 0 Å². The lowest BCUT2D eigenvalue weighted by Gasteiger charge is -2.26. The molecule has 1 fully saturated rings. The fraction of sp³-hybridized carbons (Fsp3) is 0.857. The van der Waals surface area contributed by atoms with Crippen molar-refractivity contribution < 1.29 is 14.7 Å². The molecule has 0 radical (unpaired) electrons. The highest BCUT2D eigenvalue weighted by Gasteiger charge is 2.26. The fourth-order valence-electron chi connectivity index (χ4n) is 2.42. The maximum absolute atomic E-state index is 11.7. The first-order valence-corrected chi connectivity index (χ1v) is 6.77. The van der Waals surface area contributed by atoms with E-state index in [1.807, 2.05) is 20.8 Å². The summed E-state index contributed by atoms with van der Waals surface area (Å²) in [5.74, 6) is -0.302. The minimum absolute atomic E-state index is 0.0189. The zero-order valence-electron chi connectivity index (χ0n) is 11.7. The van der Waals surface area contributed by atoms with Crippen LogP contribution in [0, 0.1) is 17.3 Å². The number of hydrogen-bond acceptors (Lipinski definition) is 2. The Balaban J connectivity index is 2.22. The number of nitrogens with one attached hydrogen (secondary N) is 1. The van der Waals surface area contributed by atoms with Gasteiger partial charge < -0.3 is 10.4 Å². The van der Waals surface area contributed by atoms with Gasteiger partial charge in [-0.05, 0) is 37.0 Å². The summed E-state index contributed by atoms with van der Waals surface area (Å²) >= 11 is 0. The number of rotatable bonds is 4. The van der Waals surface area contributed by atoms with Crippen LogP contribution in [0.2, 0.25) is 0 Å². The maximum atomic E-state index is 11.7. The third kappa shape index (κ3) is 5.52. The van der Waals surface area contributed by atoms with Gasteiger partial charge in [-0.15, -0.1) is 0 Å². The summed E-state index contributed by atoms with van der Waals surface area (Å²) in [4.78, 5) is 22.5. The number of carbonyl (C=O) groups is 2. The largest absolute Gasteiger partial charge is 0.481 e. The van der Waals surface area contributed by atoms with Crippen molar-refractivity contribution in [3.63, 3.8) is 0 Å². The molecule has 0 unspecified atom stereocenters. The molecule has 2 N–H and O–H groups in total. The fourth-order valence-corrected chi connectivity index (χ4v) is 2.42. The molecule has 0 aromatic carbocycles. The summed E-state index contributed by atoms with van der Waals surface area (Å²) < 4.78 is 0. The zero-order valence-corrected chi connectivity index (χ0v) is 11.7. The topological polar surface area (TPSA) is 66.4 Å². The van der Waals surface area contributed by atoms with Gasteiger partial charge >= 0.3 is 5.97 Å². The van der Waals surface area contributed by atoms with Crippen molar-refractivity contribution in [1.29, 1.82) is 0 Å². The standard InChI is InChI=1S/C14H25NO3/c1-14(2,3)8-12(16)15-9-10-4-6-11(7-5-10)13(17)18/h10-11H,4-9H2,1-3H3,(H,15,16)(H,17,18). The van der Waals surface area contributed by atoms with Gasteiger partial charge in [0, 0.05) is 13.0 Å². The molecule has 4 nitrogen and oxygen atoms in total. The summed E-state index contributed by atoms with van der Waals surface area (Å²) in [6, 6.07) is 0. The Morgan fingerprint density at radius 3 is 2.17 bits per heavy atom. The van der Waals surface area contributed by atoms with E-state index in [4.69, 9.17) is 5.11 Å². The van der Waals surface area contributed by atoms with Crippen LogP contribution < -0.4 is 5.32 Å². The molecule has 104 valence electrons. The van der Waals surface area contributed by atoms with Crippen LogP contribution in [-0.4, -0.2) is 23.5 Å². The highest BCUT2D eigenvalue weighted by molar-refractivity contribution is 5.76. The van der Waals surface area contributed by atoms with Crippen molar-refractivity contribution in [2.45, 2.75) is 52.9 Å². The minimum atomic E-state index is -0.676. The van der Waals surface area contributed by atoms with E-state index >= 15 is 0 Å². The average Bonchev–Trinajstić information content (AvgIpc) is 2.24. The first kappa shape index (κ1) is 15.0. The summed E-state index contributed by atoms with van der Waals surface area (Å²) in [7, 11) is 0. The second-order valence-corrected chi connectivity index (χ2v) is 6.60. The Morgan fingerprint density at radius 1 is 1.17 bits per heavy atom. The monoisotopic (exact) mass is 255 g/mol. The van der Waals surface area contributed by atoms with Crippen molar-refractivity contribution in [1.82, 2.24) is 5.32 Å². The van der Waals surface area contributed by atoms with Crippen molar-refractivity contribution in [3.8, 4) is 0 Å². The molecule has 1 rings (SSSR count). The second-order valence-electron chi connectivity index (χ2n) is 6.60. The lowest BCUT2D eigenvalue weighted by atomic mass is 9.82. The summed E-state index contributed by atoms with van der Waals surface area (Å²) in [6.07, 6.45) is 3.85. The number of hydrogen-bond donors (Lipinski definition) is 2. The summed E-state index contributed by atoms with van der Waals surface area (Å²) in [6.45, 7) is 6.83. The van der Waals surface area contributed by atoms with E-state index in [1.165, 1.54) is 0 Å². The number of carbonyl (C=O) groups excluding carboxylic acids is 1. The number of amides is 1. The molecule has 1 aliphatic rings. The lowest BCUT2D eigenvalue weighted by molar-refractivity contribution is -0.143. The van der Waals surface area contributed by atoms with Crippen molar-refractivity contribution >= 4 is 11.9 Å². The molecule has 0 saturated heterocycles. The molecular weight excluding hydrogens is 230 g/mol. The van der Waals surface area contributed by atoms with E-state index in [9.17, 15) is 9.59 Å². The Kier molecular flexibility index (Phi) is 5.17. The molecule has 0 heterocycles. The van der Waals surface area contributed by atoms with Gasteiger partial charge in [-0.2, -0.15) is 0 Å². The van der Waals surface area contributed by atoms with Crippen LogP contribution in [0.1, 0.15) is 52.9 Å². The van der Waals surface area contributed by atoms with Crippen molar-refractivity contribution in [3.05, 3.63) is 0 Å². The minimum Gasteiger partial charge on any atom is -0.481 e. The van der Waals surface area contributed by atoms with E-state index < -0.39 is 5.97 Å². The van der Waals surface area contributed by atoms with Gasteiger partial charge in [0.1, 0.15) is 0 Å². The molecule has 1 aliphatic carbocycles. The zero-order chi connectivity index (χ0) is 13.8. The smallest absolute Gasteiger partial charge is 0.306 e. The van der Waals surface area contributed by atoms with Crippen LogP contribution in [-0.2, 0) is 9.59 Å². The molecule has 0 aromatic rings. The van der Waals surface area contributed by atoms with Crippen LogP contribution in [0.25, 0.3) is 0 Å². The molecular formula is C14H25NO3. The van der Waals surface area contributed by atoms with Gasteiger partial charge in [0.2, 0.25) is 5.91 Å². The summed E-state index contributed by atoms with van der Waals surface area (Å²) in [5, 5.41) is 11.9. The van der Waals surface area contributed by atoms with Gasteiger partial charge in [0.25, 0.3) is 0 Å². The molecule has 0 aromatic heterocycles. The quantitative estimate of drug-likeness (QED) is 0.810. The predicted octanol–water partition coefficient (Wildman–Crippen LogP) is 2.43. The first-order chi connectivity index (χ1) is 8.28. The third-order valence-electron chi connectivity index (χ3n) is 3.47. The van der Waals surface area contributed by atoms with Gasteiger partial charge in [-0.25, -0.2) is 0 Å². The SMILES string of the molecule is CC(C)(C)CC(=O)NCC1CCC(C(=O)O)CC1. The van der Waals surface area contributed by atoms with Gasteiger partial charge in [0.05, 0.1) is 5.92 Å². The molecule has 0 bridgehead atoms. The predicted molar refractivity (Wildman–Crippen MR) is 70.2 cm³/mol. The van der Waals surface area contributed by atoms with Crippen LogP contribution in [0.15, 0.2) is 0 Å². The van der Waals surface area contributed by atoms with E-state index in [0.717, 1.165) is 25.7 Å². The van der Waals surface area contributed by atoms with Crippen LogP contribution in [0.3, 0.4) is 0 Å². The van der Waals surface area contributed by atoms with Crippen LogP contribution in [0.5, 0.6) is 0 Å². The second kappa shape index (κ2) is 6.21. The lowest BCUT2D eigenvalue weighted by Crippen LogP contribution is -2.34.